The fraction of sp³-hybridized carbons (Fsp3) is 0.0455. The number of benzene rings is 3. The van der Waals surface area contributed by atoms with Gasteiger partial charge in [0.1, 0.15) is 11.5 Å². The van der Waals surface area contributed by atoms with Gasteiger partial charge in [-0.3, -0.25) is 14.9 Å². The highest BCUT2D eigenvalue weighted by atomic mass is 16.6. The van der Waals surface area contributed by atoms with Crippen LogP contribution in [0.5, 0.6) is 11.5 Å². The number of amides is 1. The predicted octanol–water partition coefficient (Wildman–Crippen LogP) is 5.35. The highest BCUT2D eigenvalue weighted by molar-refractivity contribution is 6.02. The van der Waals surface area contributed by atoms with Gasteiger partial charge in [-0.1, -0.05) is 29.8 Å². The van der Waals surface area contributed by atoms with E-state index in [0.717, 1.165) is 11.3 Å². The van der Waals surface area contributed by atoms with Gasteiger partial charge in [-0.25, -0.2) is 0 Å². The summed E-state index contributed by atoms with van der Waals surface area (Å²) in [4.78, 5) is 22.6. The molecule has 0 saturated heterocycles. The molecule has 1 amide bonds. The molecular formula is C22H18N2O4. The van der Waals surface area contributed by atoms with Gasteiger partial charge in [0.05, 0.1) is 10.5 Å². The number of rotatable bonds is 6. The Morgan fingerprint density at radius 3 is 2.21 bits per heavy atom. The first-order chi connectivity index (χ1) is 13.5. The Bertz CT molecular complexity index is 1010. The summed E-state index contributed by atoms with van der Waals surface area (Å²) in [6.07, 6.45) is 2.68. The van der Waals surface area contributed by atoms with Gasteiger partial charge < -0.3 is 10.1 Å². The molecule has 0 saturated carbocycles. The first kappa shape index (κ1) is 18.8. The van der Waals surface area contributed by atoms with Crippen LogP contribution < -0.4 is 10.1 Å². The third kappa shape index (κ3) is 5.04. The third-order valence-corrected chi connectivity index (χ3v) is 3.93. The number of aryl methyl sites for hydroxylation is 1. The van der Waals surface area contributed by atoms with Crippen molar-refractivity contribution in [2.24, 2.45) is 0 Å². The summed E-state index contributed by atoms with van der Waals surface area (Å²) >= 11 is 0. The van der Waals surface area contributed by atoms with Gasteiger partial charge in [0, 0.05) is 17.8 Å². The zero-order chi connectivity index (χ0) is 19.9. The molecule has 3 rings (SSSR count). The zero-order valence-electron chi connectivity index (χ0n) is 15.2. The second-order valence-corrected chi connectivity index (χ2v) is 6.08. The van der Waals surface area contributed by atoms with Gasteiger partial charge in [0.25, 0.3) is 5.69 Å². The number of nitrogens with one attached hydrogen (secondary N) is 1. The molecule has 6 nitrogen and oxygen atoms in total. The van der Waals surface area contributed by atoms with E-state index < -0.39 is 4.92 Å². The van der Waals surface area contributed by atoms with Crippen molar-refractivity contribution in [3.63, 3.8) is 0 Å². The van der Waals surface area contributed by atoms with Crippen LogP contribution in [0.25, 0.3) is 6.08 Å². The lowest BCUT2D eigenvalue weighted by molar-refractivity contribution is -0.385. The van der Waals surface area contributed by atoms with Crippen LogP contribution in [-0.2, 0) is 4.79 Å². The van der Waals surface area contributed by atoms with Crippen molar-refractivity contribution in [2.75, 3.05) is 5.32 Å². The summed E-state index contributed by atoms with van der Waals surface area (Å²) < 4.78 is 5.74. The molecule has 3 aromatic carbocycles. The van der Waals surface area contributed by atoms with Crippen molar-refractivity contribution in [1.29, 1.82) is 0 Å². The van der Waals surface area contributed by atoms with Crippen LogP contribution in [0, 0.1) is 17.0 Å². The number of nitrogens with zero attached hydrogens (tertiary/aromatic N) is 1. The molecule has 0 radical (unpaired) electrons. The Balaban J connectivity index is 1.61. The van der Waals surface area contributed by atoms with Crippen LogP contribution in [0.3, 0.4) is 0 Å². The maximum absolute atomic E-state index is 12.1. The largest absolute Gasteiger partial charge is 0.457 e. The standard InChI is InChI=1S/C22H18N2O4/c1-16-6-11-19(12-7-16)28-20-13-9-18(10-14-20)23-22(25)15-8-17-4-2-3-5-21(17)24(26)27/h2-15H,1H3,(H,23,25). The van der Waals surface area contributed by atoms with Crippen molar-refractivity contribution in [1.82, 2.24) is 0 Å². The molecule has 0 fully saturated rings. The van der Waals surface area contributed by atoms with E-state index in [4.69, 9.17) is 4.74 Å². The van der Waals surface area contributed by atoms with E-state index in [9.17, 15) is 14.9 Å². The maximum atomic E-state index is 12.1. The van der Waals surface area contributed by atoms with Crippen LogP contribution >= 0.6 is 0 Å². The molecule has 0 aliphatic rings. The quantitative estimate of drug-likeness (QED) is 0.358. The van der Waals surface area contributed by atoms with Gasteiger partial charge in [-0.05, 0) is 55.5 Å². The topological polar surface area (TPSA) is 81.5 Å². The average molecular weight is 374 g/mol. The smallest absolute Gasteiger partial charge is 0.276 e. The van der Waals surface area contributed by atoms with Gasteiger partial charge >= 0.3 is 0 Å². The first-order valence-corrected chi connectivity index (χ1v) is 8.58. The molecule has 0 spiro atoms. The van der Waals surface area contributed by atoms with Crippen molar-refractivity contribution < 1.29 is 14.5 Å². The van der Waals surface area contributed by atoms with Crippen molar-refractivity contribution in [2.45, 2.75) is 6.92 Å². The number of nitro benzene ring substituents is 1. The van der Waals surface area contributed by atoms with Crippen molar-refractivity contribution in [3.05, 3.63) is 100 Å². The lowest BCUT2D eigenvalue weighted by atomic mass is 10.1. The minimum absolute atomic E-state index is 0.0517. The summed E-state index contributed by atoms with van der Waals surface area (Å²) in [6, 6.07) is 20.9. The lowest BCUT2D eigenvalue weighted by Gasteiger charge is -2.07. The molecule has 140 valence electrons. The van der Waals surface area contributed by atoms with E-state index in [0.29, 0.717) is 17.0 Å². The second kappa shape index (κ2) is 8.64. The minimum Gasteiger partial charge on any atom is -0.457 e. The van der Waals surface area contributed by atoms with Crippen molar-refractivity contribution >= 4 is 23.4 Å². The number of carbonyl (C=O) groups is 1. The summed E-state index contributed by atoms with van der Waals surface area (Å²) in [5.41, 5.74) is 2.06. The Morgan fingerprint density at radius 1 is 0.964 bits per heavy atom. The van der Waals surface area contributed by atoms with Crippen LogP contribution in [-0.4, -0.2) is 10.8 Å². The molecule has 28 heavy (non-hydrogen) atoms. The highest BCUT2D eigenvalue weighted by Gasteiger charge is 2.09. The van der Waals surface area contributed by atoms with Gasteiger partial charge in [-0.2, -0.15) is 0 Å². The van der Waals surface area contributed by atoms with Gasteiger partial charge in [0.15, 0.2) is 0 Å². The number of carbonyl (C=O) groups excluding carboxylic acids is 1. The minimum atomic E-state index is -0.482. The summed E-state index contributed by atoms with van der Waals surface area (Å²) in [5.74, 6) is 0.998. The Labute approximate surface area is 162 Å². The molecule has 6 heteroatoms. The zero-order valence-corrected chi connectivity index (χ0v) is 15.2. The fourth-order valence-electron chi connectivity index (χ4n) is 2.49. The molecule has 0 aliphatic carbocycles. The van der Waals surface area contributed by atoms with E-state index in [-0.39, 0.29) is 11.6 Å². The first-order valence-electron chi connectivity index (χ1n) is 8.58. The number of ether oxygens (including phenoxy) is 1. The Hall–Kier alpha value is -3.93. The van der Waals surface area contributed by atoms with E-state index in [2.05, 4.69) is 5.32 Å². The van der Waals surface area contributed by atoms with Crippen LogP contribution in [0.4, 0.5) is 11.4 Å². The number of para-hydroxylation sites is 1. The molecule has 0 unspecified atom stereocenters. The van der Waals surface area contributed by atoms with E-state index in [1.807, 2.05) is 31.2 Å². The van der Waals surface area contributed by atoms with Gasteiger partial charge in [0.2, 0.25) is 5.91 Å². The SMILES string of the molecule is Cc1ccc(Oc2ccc(NC(=O)C=Cc3ccccc3[N+](=O)[O-])cc2)cc1. The average Bonchev–Trinajstić information content (AvgIpc) is 2.70. The molecule has 3 aromatic rings. The Morgan fingerprint density at radius 2 is 1.57 bits per heavy atom. The van der Waals surface area contributed by atoms with E-state index >= 15 is 0 Å². The summed E-state index contributed by atoms with van der Waals surface area (Å²) in [6.45, 7) is 2.01. The number of hydrogen-bond donors (Lipinski definition) is 1. The molecule has 0 heterocycles. The molecule has 0 bridgehead atoms. The van der Waals surface area contributed by atoms with Crippen LogP contribution in [0.15, 0.2) is 78.9 Å². The molecule has 0 aliphatic heterocycles. The third-order valence-electron chi connectivity index (χ3n) is 3.93. The van der Waals surface area contributed by atoms with E-state index in [1.54, 1.807) is 42.5 Å². The number of anilines is 1. The lowest BCUT2D eigenvalue weighted by Crippen LogP contribution is -2.07. The summed E-state index contributed by atoms with van der Waals surface area (Å²) in [5, 5.41) is 13.7. The van der Waals surface area contributed by atoms with Crippen LogP contribution in [0.2, 0.25) is 0 Å². The normalized spacial score (nSPS) is 10.6. The molecular weight excluding hydrogens is 356 g/mol. The molecule has 0 aromatic heterocycles. The highest BCUT2D eigenvalue weighted by Crippen LogP contribution is 2.23. The summed E-state index contributed by atoms with van der Waals surface area (Å²) in [7, 11) is 0. The van der Waals surface area contributed by atoms with Crippen LogP contribution in [0.1, 0.15) is 11.1 Å². The molecule has 0 atom stereocenters. The van der Waals surface area contributed by atoms with Crippen molar-refractivity contribution in [3.8, 4) is 11.5 Å². The van der Waals surface area contributed by atoms with E-state index in [1.165, 1.54) is 18.2 Å². The predicted molar refractivity (Wildman–Crippen MR) is 108 cm³/mol. The Kier molecular flexibility index (Phi) is 5.81. The molecule has 1 N–H and O–H groups in total. The van der Waals surface area contributed by atoms with Gasteiger partial charge in [-0.15, -0.1) is 0 Å². The maximum Gasteiger partial charge on any atom is 0.276 e. The monoisotopic (exact) mass is 374 g/mol. The fourth-order valence-corrected chi connectivity index (χ4v) is 2.49. The number of hydrogen-bond acceptors (Lipinski definition) is 4. The number of nitro groups is 1. The second-order valence-electron chi connectivity index (χ2n) is 6.08.